The van der Waals surface area contributed by atoms with Crippen LogP contribution in [0.5, 0.6) is 0 Å². The SMILES string of the molecule is O=C1CC(=O)O[C@@H]2CCCC[C@H]2OC(=O)CC(=O)O[C@H]2CCCC[C@@H]2O1. The standard InChI is InChI=1S/C18H24O8/c19-15-9-17(21)25-13-7-3-4-8-14(13)26-18(22)10-16(20)24-12-6-2-1-5-11(12)23-15/h11-14H,1-10H2/t11-,12-,13+,14+. The van der Waals surface area contributed by atoms with Gasteiger partial charge in [0.25, 0.3) is 0 Å². The Morgan fingerprint density at radius 1 is 0.462 bits per heavy atom. The van der Waals surface area contributed by atoms with Crippen molar-refractivity contribution in [3.63, 3.8) is 0 Å². The molecule has 26 heavy (non-hydrogen) atoms. The van der Waals surface area contributed by atoms with Gasteiger partial charge in [-0.1, -0.05) is 0 Å². The Bertz CT molecular complexity index is 474. The fraction of sp³-hybridized carbons (Fsp3) is 0.778. The second-order valence-corrected chi connectivity index (χ2v) is 7.04. The van der Waals surface area contributed by atoms with Crippen LogP contribution in [-0.2, 0) is 38.1 Å². The van der Waals surface area contributed by atoms with Crippen LogP contribution in [0, 0.1) is 0 Å². The van der Waals surface area contributed by atoms with E-state index in [2.05, 4.69) is 0 Å². The summed E-state index contributed by atoms with van der Waals surface area (Å²) < 4.78 is 21.4. The van der Waals surface area contributed by atoms with E-state index in [4.69, 9.17) is 18.9 Å². The van der Waals surface area contributed by atoms with E-state index in [9.17, 15) is 19.2 Å². The minimum Gasteiger partial charge on any atom is -0.458 e. The third kappa shape index (κ3) is 4.95. The summed E-state index contributed by atoms with van der Waals surface area (Å²) in [6.07, 6.45) is 2.12. The number of hydrogen-bond donors (Lipinski definition) is 0. The molecule has 1 saturated heterocycles. The molecule has 8 nitrogen and oxygen atoms in total. The topological polar surface area (TPSA) is 105 Å². The van der Waals surface area contributed by atoms with Gasteiger partial charge in [0.05, 0.1) is 0 Å². The number of ether oxygens (including phenoxy) is 4. The summed E-state index contributed by atoms with van der Waals surface area (Å²) in [7, 11) is 0. The molecule has 0 unspecified atom stereocenters. The summed E-state index contributed by atoms with van der Waals surface area (Å²) in [6.45, 7) is 0. The molecule has 0 radical (unpaired) electrons. The summed E-state index contributed by atoms with van der Waals surface area (Å²) in [5.41, 5.74) is 0. The fourth-order valence-electron chi connectivity index (χ4n) is 3.74. The molecule has 8 heteroatoms. The van der Waals surface area contributed by atoms with Crippen LogP contribution in [-0.4, -0.2) is 48.3 Å². The van der Waals surface area contributed by atoms with E-state index in [1.165, 1.54) is 0 Å². The lowest BCUT2D eigenvalue weighted by Crippen LogP contribution is -2.41. The lowest BCUT2D eigenvalue weighted by molar-refractivity contribution is -0.185. The highest BCUT2D eigenvalue weighted by Crippen LogP contribution is 2.27. The zero-order chi connectivity index (χ0) is 18.5. The van der Waals surface area contributed by atoms with Gasteiger partial charge in [0.15, 0.2) is 0 Å². The van der Waals surface area contributed by atoms with E-state index in [1.54, 1.807) is 0 Å². The zero-order valence-corrected chi connectivity index (χ0v) is 14.6. The molecule has 3 fully saturated rings. The van der Waals surface area contributed by atoms with E-state index >= 15 is 0 Å². The van der Waals surface area contributed by atoms with Gasteiger partial charge >= 0.3 is 23.9 Å². The van der Waals surface area contributed by atoms with Gasteiger partial charge in [-0.05, 0) is 51.4 Å². The molecule has 0 N–H and O–H groups in total. The summed E-state index contributed by atoms with van der Waals surface area (Å²) in [5, 5.41) is 0. The average Bonchev–Trinajstić information content (AvgIpc) is 2.57. The van der Waals surface area contributed by atoms with Gasteiger partial charge in [0, 0.05) is 0 Å². The smallest absolute Gasteiger partial charge is 0.317 e. The second kappa shape index (κ2) is 8.51. The molecule has 0 aromatic rings. The van der Waals surface area contributed by atoms with Crippen molar-refractivity contribution in [1.29, 1.82) is 0 Å². The van der Waals surface area contributed by atoms with Crippen molar-refractivity contribution in [2.75, 3.05) is 0 Å². The zero-order valence-electron chi connectivity index (χ0n) is 14.6. The Hall–Kier alpha value is -2.12. The molecule has 1 aliphatic heterocycles. The summed E-state index contributed by atoms with van der Waals surface area (Å²) >= 11 is 0. The Balaban J connectivity index is 1.73. The van der Waals surface area contributed by atoms with Gasteiger partial charge < -0.3 is 18.9 Å². The molecular weight excluding hydrogens is 344 g/mol. The highest BCUT2D eigenvalue weighted by Gasteiger charge is 2.36. The van der Waals surface area contributed by atoms with Gasteiger partial charge in [0.2, 0.25) is 0 Å². The third-order valence-corrected chi connectivity index (χ3v) is 4.99. The van der Waals surface area contributed by atoms with Crippen LogP contribution >= 0.6 is 0 Å². The molecule has 2 saturated carbocycles. The average molecular weight is 368 g/mol. The van der Waals surface area contributed by atoms with Crippen LogP contribution < -0.4 is 0 Å². The molecule has 3 rings (SSSR count). The third-order valence-electron chi connectivity index (χ3n) is 4.99. The van der Waals surface area contributed by atoms with Crippen molar-refractivity contribution in [2.24, 2.45) is 0 Å². The fourth-order valence-corrected chi connectivity index (χ4v) is 3.74. The Morgan fingerprint density at radius 2 is 0.692 bits per heavy atom. The Kier molecular flexibility index (Phi) is 6.11. The predicted molar refractivity (Wildman–Crippen MR) is 85.7 cm³/mol. The molecule has 0 amide bonds. The first-order chi connectivity index (χ1) is 12.5. The van der Waals surface area contributed by atoms with E-state index in [-0.39, 0.29) is 0 Å². The quantitative estimate of drug-likeness (QED) is 0.360. The van der Waals surface area contributed by atoms with E-state index < -0.39 is 61.1 Å². The van der Waals surface area contributed by atoms with E-state index in [0.29, 0.717) is 25.7 Å². The highest BCUT2D eigenvalue weighted by molar-refractivity contribution is 5.92. The number of carbonyl (C=O) groups is 4. The Morgan fingerprint density at radius 3 is 0.923 bits per heavy atom. The number of rotatable bonds is 0. The molecule has 4 atom stereocenters. The maximum Gasteiger partial charge on any atom is 0.317 e. The predicted octanol–water partition coefficient (Wildman–Crippen LogP) is 1.58. The minimum atomic E-state index is -0.690. The number of carbonyl (C=O) groups excluding carboxylic acids is 4. The minimum absolute atomic E-state index is 0.506. The molecule has 144 valence electrons. The number of hydrogen-bond acceptors (Lipinski definition) is 8. The van der Waals surface area contributed by atoms with Crippen LogP contribution in [0.15, 0.2) is 0 Å². The summed E-state index contributed by atoms with van der Waals surface area (Å²) in [5.74, 6) is -2.76. The van der Waals surface area contributed by atoms with Gasteiger partial charge in [0.1, 0.15) is 37.3 Å². The number of esters is 4. The van der Waals surface area contributed by atoms with E-state index in [1.807, 2.05) is 0 Å². The van der Waals surface area contributed by atoms with Crippen molar-refractivity contribution in [1.82, 2.24) is 0 Å². The molecule has 0 aromatic heterocycles. The maximum atomic E-state index is 12.1. The lowest BCUT2D eigenvalue weighted by Gasteiger charge is -2.32. The van der Waals surface area contributed by atoms with Crippen LogP contribution in [0.1, 0.15) is 64.2 Å². The van der Waals surface area contributed by atoms with Gasteiger partial charge in [-0.25, -0.2) is 0 Å². The summed E-state index contributed by atoms with van der Waals surface area (Å²) in [6, 6.07) is 0. The molecule has 0 bridgehead atoms. The van der Waals surface area contributed by atoms with E-state index in [0.717, 1.165) is 25.7 Å². The first kappa shape index (κ1) is 18.7. The molecule has 0 aromatic carbocycles. The lowest BCUT2D eigenvalue weighted by atomic mass is 9.94. The highest BCUT2D eigenvalue weighted by atomic mass is 16.6. The molecule has 3 aliphatic rings. The largest absolute Gasteiger partial charge is 0.458 e. The number of fused-ring (bicyclic) bond motifs is 2. The second-order valence-electron chi connectivity index (χ2n) is 7.04. The Labute approximate surface area is 151 Å². The first-order valence-electron chi connectivity index (χ1n) is 9.29. The molecular formula is C18H24O8. The summed E-state index contributed by atoms with van der Waals surface area (Å²) in [4.78, 5) is 48.3. The van der Waals surface area contributed by atoms with Crippen molar-refractivity contribution in [2.45, 2.75) is 88.6 Å². The van der Waals surface area contributed by atoms with Crippen molar-refractivity contribution in [3.05, 3.63) is 0 Å². The van der Waals surface area contributed by atoms with Gasteiger partial charge in [-0.15, -0.1) is 0 Å². The first-order valence-corrected chi connectivity index (χ1v) is 9.29. The normalized spacial score (nSPS) is 34.2. The maximum absolute atomic E-state index is 12.1. The molecule has 1 heterocycles. The van der Waals surface area contributed by atoms with Crippen LogP contribution in [0.25, 0.3) is 0 Å². The van der Waals surface area contributed by atoms with Gasteiger partial charge in [-0.2, -0.15) is 0 Å². The van der Waals surface area contributed by atoms with Crippen molar-refractivity contribution in [3.8, 4) is 0 Å². The van der Waals surface area contributed by atoms with Crippen LogP contribution in [0.4, 0.5) is 0 Å². The molecule has 0 spiro atoms. The van der Waals surface area contributed by atoms with Crippen LogP contribution in [0.3, 0.4) is 0 Å². The molecule has 2 aliphatic carbocycles. The van der Waals surface area contributed by atoms with Gasteiger partial charge in [-0.3, -0.25) is 19.2 Å². The van der Waals surface area contributed by atoms with Crippen LogP contribution in [0.2, 0.25) is 0 Å². The monoisotopic (exact) mass is 368 g/mol. The van der Waals surface area contributed by atoms with Crippen molar-refractivity contribution < 1.29 is 38.1 Å². The van der Waals surface area contributed by atoms with Crippen molar-refractivity contribution >= 4 is 23.9 Å².